The van der Waals surface area contributed by atoms with Crippen LogP contribution in [0.4, 0.5) is 0 Å². The molecule has 0 amide bonds. The second-order valence-corrected chi connectivity index (χ2v) is 7.47. The molecule has 0 saturated heterocycles. The highest BCUT2D eigenvalue weighted by Crippen LogP contribution is 2.27. The van der Waals surface area contributed by atoms with E-state index in [2.05, 4.69) is 20.2 Å². The van der Waals surface area contributed by atoms with Gasteiger partial charge in [-0.15, -0.1) is 16.4 Å². The highest BCUT2D eigenvalue weighted by molar-refractivity contribution is 7.98. The summed E-state index contributed by atoms with van der Waals surface area (Å²) in [4.78, 5) is 14.7. The Morgan fingerprint density at radius 1 is 1.12 bits per heavy atom. The number of thioether (sulfide) groups is 1. The van der Waals surface area contributed by atoms with Gasteiger partial charge in [-0.3, -0.25) is 0 Å². The van der Waals surface area contributed by atoms with E-state index >= 15 is 0 Å². The second kappa shape index (κ2) is 6.19. The van der Waals surface area contributed by atoms with Crippen molar-refractivity contribution >= 4 is 39.6 Å². The fraction of sp³-hybridized carbons (Fsp3) is 0.118. The molecule has 5 rings (SSSR count). The molecule has 0 aliphatic carbocycles. The average molecular weight is 380 g/mol. The summed E-state index contributed by atoms with van der Waals surface area (Å²) in [7, 11) is 0. The van der Waals surface area contributed by atoms with Crippen LogP contribution < -0.4 is 0 Å². The lowest BCUT2D eigenvalue weighted by atomic mass is 10.2. The van der Waals surface area contributed by atoms with Crippen LogP contribution in [0.2, 0.25) is 0 Å². The number of thiophene rings is 1. The smallest absolute Gasteiger partial charge is 0.237 e. The van der Waals surface area contributed by atoms with Gasteiger partial charge < -0.3 is 4.52 Å². The highest BCUT2D eigenvalue weighted by Gasteiger charge is 2.15. The van der Waals surface area contributed by atoms with Gasteiger partial charge in [0.15, 0.2) is 10.8 Å². The molecule has 0 saturated carbocycles. The van der Waals surface area contributed by atoms with E-state index in [-0.39, 0.29) is 0 Å². The van der Waals surface area contributed by atoms with E-state index in [1.165, 1.54) is 11.8 Å². The summed E-state index contributed by atoms with van der Waals surface area (Å²) in [5.74, 6) is 2.39. The topological polar surface area (TPSA) is 82.0 Å². The van der Waals surface area contributed by atoms with Crippen molar-refractivity contribution < 1.29 is 4.52 Å². The number of aromatic nitrogens is 6. The zero-order chi connectivity index (χ0) is 17.5. The maximum absolute atomic E-state index is 5.37. The van der Waals surface area contributed by atoms with Crippen LogP contribution >= 0.6 is 23.1 Å². The Morgan fingerprint density at radius 3 is 2.92 bits per heavy atom. The van der Waals surface area contributed by atoms with Crippen LogP contribution in [0.1, 0.15) is 11.7 Å². The van der Waals surface area contributed by atoms with Gasteiger partial charge in [0.05, 0.1) is 16.1 Å². The van der Waals surface area contributed by atoms with Crippen molar-refractivity contribution in [2.75, 3.05) is 0 Å². The van der Waals surface area contributed by atoms with Crippen LogP contribution in [0, 0.1) is 6.92 Å². The first-order valence-corrected chi connectivity index (χ1v) is 9.76. The molecule has 1 aromatic carbocycles. The van der Waals surface area contributed by atoms with Crippen molar-refractivity contribution in [2.45, 2.75) is 17.8 Å². The second-order valence-electron chi connectivity index (χ2n) is 5.58. The van der Waals surface area contributed by atoms with Crippen molar-refractivity contribution in [1.82, 2.24) is 29.7 Å². The highest BCUT2D eigenvalue weighted by atomic mass is 32.2. The minimum Gasteiger partial charge on any atom is -0.338 e. The van der Waals surface area contributed by atoms with Crippen molar-refractivity contribution in [2.24, 2.45) is 0 Å². The van der Waals surface area contributed by atoms with E-state index in [1.807, 2.05) is 48.7 Å². The SMILES string of the molecule is Cc1nc2c3ccccc3nc(SCc3nc(-c4cccs4)no3)n2n1. The normalized spacial score (nSPS) is 11.6. The molecule has 0 aliphatic rings. The standard InChI is InChI=1S/C17H12N6OS2/c1-10-18-16-11-5-2-3-6-12(11)19-17(23(16)21-10)26-9-14-20-15(22-24-14)13-7-4-8-25-13/h2-8H,9H2,1H3. The first-order chi connectivity index (χ1) is 12.8. The minimum absolute atomic E-state index is 0.512. The van der Waals surface area contributed by atoms with Crippen LogP contribution in [0.3, 0.4) is 0 Å². The van der Waals surface area contributed by atoms with Crippen molar-refractivity contribution in [3.05, 3.63) is 53.5 Å². The van der Waals surface area contributed by atoms with Crippen LogP contribution in [0.15, 0.2) is 51.5 Å². The van der Waals surface area contributed by atoms with Crippen molar-refractivity contribution in [3.8, 4) is 10.7 Å². The van der Waals surface area contributed by atoms with Gasteiger partial charge in [-0.2, -0.15) is 9.50 Å². The lowest BCUT2D eigenvalue weighted by molar-refractivity contribution is 0.391. The molecule has 0 fully saturated rings. The molecular weight excluding hydrogens is 368 g/mol. The summed E-state index contributed by atoms with van der Waals surface area (Å²) in [6, 6.07) is 11.9. The van der Waals surface area contributed by atoms with Gasteiger partial charge in [0.25, 0.3) is 0 Å². The molecule has 7 nitrogen and oxygen atoms in total. The van der Waals surface area contributed by atoms with E-state index in [0.29, 0.717) is 23.3 Å². The molecule has 26 heavy (non-hydrogen) atoms. The molecule has 0 N–H and O–H groups in total. The summed E-state index contributed by atoms with van der Waals surface area (Å²) in [5, 5.41) is 12.2. The minimum atomic E-state index is 0.512. The number of fused-ring (bicyclic) bond motifs is 3. The van der Waals surface area contributed by atoms with Gasteiger partial charge in [-0.25, -0.2) is 9.97 Å². The summed E-state index contributed by atoms with van der Waals surface area (Å²) in [6.45, 7) is 1.88. The third-order valence-corrected chi connectivity index (χ3v) is 5.57. The maximum atomic E-state index is 5.37. The van der Waals surface area contributed by atoms with Crippen LogP contribution in [0.25, 0.3) is 27.3 Å². The van der Waals surface area contributed by atoms with Gasteiger partial charge in [0.2, 0.25) is 11.7 Å². The monoisotopic (exact) mass is 380 g/mol. The first kappa shape index (κ1) is 15.5. The van der Waals surface area contributed by atoms with E-state index in [1.54, 1.807) is 15.9 Å². The Morgan fingerprint density at radius 2 is 2.04 bits per heavy atom. The first-order valence-electron chi connectivity index (χ1n) is 7.89. The Hall–Kier alpha value is -2.78. The third-order valence-electron chi connectivity index (χ3n) is 3.79. The number of hydrogen-bond donors (Lipinski definition) is 0. The maximum Gasteiger partial charge on any atom is 0.237 e. The molecule has 0 atom stereocenters. The Labute approximate surface area is 156 Å². The van der Waals surface area contributed by atoms with E-state index in [9.17, 15) is 0 Å². The van der Waals surface area contributed by atoms with Gasteiger partial charge in [-0.05, 0) is 30.5 Å². The molecule has 0 unspecified atom stereocenters. The molecule has 9 heteroatoms. The molecule has 4 heterocycles. The molecule has 5 aromatic rings. The van der Waals surface area contributed by atoms with Crippen molar-refractivity contribution in [1.29, 1.82) is 0 Å². The van der Waals surface area contributed by atoms with E-state index in [4.69, 9.17) is 9.51 Å². The zero-order valence-electron chi connectivity index (χ0n) is 13.7. The molecule has 128 valence electrons. The summed E-state index contributed by atoms with van der Waals surface area (Å²) >= 11 is 3.08. The van der Waals surface area contributed by atoms with Crippen LogP contribution in [-0.4, -0.2) is 29.7 Å². The van der Waals surface area contributed by atoms with Gasteiger partial charge in [0.1, 0.15) is 5.82 Å². The number of aryl methyl sites for hydroxylation is 1. The van der Waals surface area contributed by atoms with Gasteiger partial charge in [0, 0.05) is 5.39 Å². The summed E-state index contributed by atoms with van der Waals surface area (Å²) in [6.07, 6.45) is 0. The summed E-state index contributed by atoms with van der Waals surface area (Å²) in [5.41, 5.74) is 1.69. The van der Waals surface area contributed by atoms with Crippen LogP contribution in [-0.2, 0) is 5.75 Å². The predicted octanol–water partition coefficient (Wildman–Crippen LogP) is 3.99. The lowest BCUT2D eigenvalue weighted by Crippen LogP contribution is -1.98. The number of hydrogen-bond acceptors (Lipinski definition) is 8. The molecular formula is C17H12N6OS2. The van der Waals surface area contributed by atoms with Crippen molar-refractivity contribution in [3.63, 3.8) is 0 Å². The fourth-order valence-electron chi connectivity index (χ4n) is 2.67. The third kappa shape index (κ3) is 2.65. The Kier molecular flexibility index (Phi) is 3.68. The average Bonchev–Trinajstić information content (AvgIpc) is 3.39. The predicted molar refractivity (Wildman–Crippen MR) is 100 cm³/mol. The molecule has 4 aromatic heterocycles. The fourth-order valence-corrected chi connectivity index (χ4v) is 4.10. The molecule has 0 radical (unpaired) electrons. The van der Waals surface area contributed by atoms with E-state index in [0.717, 1.165) is 26.6 Å². The quantitative estimate of drug-likeness (QED) is 0.344. The summed E-state index contributed by atoms with van der Waals surface area (Å²) < 4.78 is 7.14. The Balaban J connectivity index is 1.49. The Bertz CT molecular complexity index is 1210. The number of para-hydroxylation sites is 1. The van der Waals surface area contributed by atoms with Crippen LogP contribution in [0.5, 0.6) is 0 Å². The number of benzene rings is 1. The molecule has 0 spiro atoms. The van der Waals surface area contributed by atoms with Gasteiger partial charge >= 0.3 is 0 Å². The molecule has 0 bridgehead atoms. The zero-order valence-corrected chi connectivity index (χ0v) is 15.3. The lowest BCUT2D eigenvalue weighted by Gasteiger charge is -2.04. The number of nitrogens with zero attached hydrogens (tertiary/aromatic N) is 6. The van der Waals surface area contributed by atoms with E-state index < -0.39 is 0 Å². The van der Waals surface area contributed by atoms with Gasteiger partial charge in [-0.1, -0.05) is 35.1 Å². The number of rotatable bonds is 4. The largest absolute Gasteiger partial charge is 0.338 e. The molecule has 0 aliphatic heterocycles.